The second-order valence-corrected chi connectivity index (χ2v) is 9.47. The van der Waals surface area contributed by atoms with E-state index in [0.717, 1.165) is 16.7 Å². The molecule has 0 bridgehead atoms. The summed E-state index contributed by atoms with van der Waals surface area (Å²) in [6.45, 7) is 8.56. The van der Waals surface area contributed by atoms with Crippen LogP contribution in [0.1, 0.15) is 42.1 Å². The molecule has 0 spiro atoms. The van der Waals surface area contributed by atoms with Crippen molar-refractivity contribution in [2.75, 3.05) is 18.6 Å². The summed E-state index contributed by atoms with van der Waals surface area (Å²) in [6, 6.07) is 19.1. The summed E-state index contributed by atoms with van der Waals surface area (Å²) in [5.74, 6) is 0.0939. The summed E-state index contributed by atoms with van der Waals surface area (Å²) in [7, 11) is 1.56. The van der Waals surface area contributed by atoms with Crippen molar-refractivity contribution in [1.29, 1.82) is 0 Å². The first-order valence-electron chi connectivity index (χ1n) is 12.0. The van der Waals surface area contributed by atoms with E-state index in [1.165, 1.54) is 4.90 Å². The zero-order valence-corrected chi connectivity index (χ0v) is 21.2. The van der Waals surface area contributed by atoms with Gasteiger partial charge in [0.1, 0.15) is 17.3 Å². The van der Waals surface area contributed by atoms with Crippen LogP contribution in [-0.4, -0.2) is 30.5 Å². The van der Waals surface area contributed by atoms with Crippen LogP contribution in [0.15, 0.2) is 72.3 Å². The van der Waals surface area contributed by atoms with Crippen molar-refractivity contribution < 1.29 is 24.2 Å². The Bertz CT molecular complexity index is 1320. The average molecular weight is 486 g/mol. The fourth-order valence-electron chi connectivity index (χ4n) is 4.37. The van der Waals surface area contributed by atoms with E-state index in [1.54, 1.807) is 49.6 Å². The second-order valence-electron chi connectivity index (χ2n) is 9.47. The lowest BCUT2D eigenvalue weighted by atomic mass is 9.94. The Morgan fingerprint density at radius 2 is 1.72 bits per heavy atom. The van der Waals surface area contributed by atoms with Crippen LogP contribution < -0.4 is 14.4 Å². The summed E-state index contributed by atoms with van der Waals surface area (Å²) < 4.78 is 11.1. The van der Waals surface area contributed by atoms with Crippen LogP contribution in [0.4, 0.5) is 5.69 Å². The fourth-order valence-corrected chi connectivity index (χ4v) is 4.37. The van der Waals surface area contributed by atoms with Crippen molar-refractivity contribution in [1.82, 2.24) is 0 Å². The summed E-state index contributed by atoms with van der Waals surface area (Å²) in [5, 5.41) is 11.4. The number of benzene rings is 3. The lowest BCUT2D eigenvalue weighted by Gasteiger charge is -2.26. The van der Waals surface area contributed by atoms with Crippen LogP contribution in [0.25, 0.3) is 5.76 Å². The molecule has 1 saturated heterocycles. The molecule has 1 N–H and O–H groups in total. The number of rotatable bonds is 7. The Hall–Kier alpha value is -4.06. The zero-order chi connectivity index (χ0) is 26.0. The van der Waals surface area contributed by atoms with Crippen LogP contribution in [0, 0.1) is 19.8 Å². The van der Waals surface area contributed by atoms with Gasteiger partial charge in [-0.1, -0.05) is 43.7 Å². The average Bonchev–Trinajstić information content (AvgIpc) is 3.13. The van der Waals surface area contributed by atoms with Gasteiger partial charge in [0.25, 0.3) is 11.7 Å². The molecular formula is C30H31NO5. The number of ether oxygens (including phenoxy) is 2. The number of hydrogen-bond donors (Lipinski definition) is 1. The van der Waals surface area contributed by atoms with Crippen molar-refractivity contribution >= 4 is 23.1 Å². The number of amides is 1. The van der Waals surface area contributed by atoms with Gasteiger partial charge in [-0.3, -0.25) is 14.5 Å². The molecule has 1 unspecified atom stereocenters. The third-order valence-corrected chi connectivity index (χ3v) is 6.17. The monoisotopic (exact) mass is 485 g/mol. The molecular weight excluding hydrogens is 454 g/mol. The topological polar surface area (TPSA) is 76.1 Å². The number of hydrogen-bond acceptors (Lipinski definition) is 5. The Balaban J connectivity index is 1.84. The second kappa shape index (κ2) is 10.3. The predicted octanol–water partition coefficient (Wildman–Crippen LogP) is 5.97. The van der Waals surface area contributed by atoms with E-state index in [-0.39, 0.29) is 11.3 Å². The van der Waals surface area contributed by atoms with Gasteiger partial charge in [-0.2, -0.15) is 0 Å². The Labute approximate surface area is 211 Å². The van der Waals surface area contributed by atoms with Crippen LogP contribution in [0.5, 0.6) is 11.5 Å². The smallest absolute Gasteiger partial charge is 0.300 e. The minimum Gasteiger partial charge on any atom is -0.507 e. The highest BCUT2D eigenvalue weighted by Crippen LogP contribution is 2.43. The molecule has 0 radical (unpaired) electrons. The molecule has 1 aliphatic rings. The SMILES string of the molecule is COc1ccc(N2C(=O)C(=O)/C(=C(\O)c3ccc(OCC(C)C)c(C)c3)C2c2cccc(C)c2)cc1. The van der Waals surface area contributed by atoms with Gasteiger partial charge in [0.2, 0.25) is 0 Å². The van der Waals surface area contributed by atoms with Crippen LogP contribution >= 0.6 is 0 Å². The first kappa shape index (κ1) is 25.0. The van der Waals surface area contributed by atoms with Crippen LogP contribution in [0.3, 0.4) is 0 Å². The van der Waals surface area contributed by atoms with Crippen molar-refractivity contribution in [3.8, 4) is 11.5 Å². The van der Waals surface area contributed by atoms with Gasteiger partial charge in [-0.05, 0) is 73.4 Å². The lowest BCUT2D eigenvalue weighted by Crippen LogP contribution is -2.29. The standard InChI is InChI=1S/C30H31NO5/c1-18(2)17-36-25-14-9-22(16-20(25)4)28(32)26-27(21-8-6-7-19(3)15-21)31(30(34)29(26)33)23-10-12-24(35-5)13-11-23/h6-16,18,27,32H,17H2,1-5H3/b28-26-. The van der Waals surface area contributed by atoms with Crippen molar-refractivity contribution in [3.63, 3.8) is 0 Å². The largest absolute Gasteiger partial charge is 0.507 e. The molecule has 1 amide bonds. The molecule has 1 heterocycles. The van der Waals surface area contributed by atoms with Crippen LogP contribution in [-0.2, 0) is 9.59 Å². The van der Waals surface area contributed by atoms with E-state index in [1.807, 2.05) is 38.1 Å². The number of methoxy groups -OCH3 is 1. The van der Waals surface area contributed by atoms with E-state index in [4.69, 9.17) is 9.47 Å². The molecule has 1 aliphatic heterocycles. The van der Waals surface area contributed by atoms with E-state index in [9.17, 15) is 14.7 Å². The van der Waals surface area contributed by atoms with Crippen molar-refractivity contribution in [3.05, 3.63) is 94.6 Å². The number of ketones is 1. The highest BCUT2D eigenvalue weighted by atomic mass is 16.5. The van der Waals surface area contributed by atoms with E-state index < -0.39 is 17.7 Å². The molecule has 0 aliphatic carbocycles. The highest BCUT2D eigenvalue weighted by Gasteiger charge is 2.47. The molecule has 1 atom stereocenters. The summed E-state index contributed by atoms with van der Waals surface area (Å²) in [5.41, 5.74) is 3.59. The van der Waals surface area contributed by atoms with Crippen molar-refractivity contribution in [2.45, 2.75) is 33.7 Å². The predicted molar refractivity (Wildman–Crippen MR) is 140 cm³/mol. The normalized spacial score (nSPS) is 17.1. The van der Waals surface area contributed by atoms with Gasteiger partial charge in [-0.25, -0.2) is 0 Å². The van der Waals surface area contributed by atoms with E-state index in [2.05, 4.69) is 13.8 Å². The number of Topliss-reactive ketones (excluding diaryl/α,β-unsaturated/α-hetero) is 1. The van der Waals surface area contributed by atoms with Crippen LogP contribution in [0.2, 0.25) is 0 Å². The van der Waals surface area contributed by atoms with Gasteiger partial charge in [-0.15, -0.1) is 0 Å². The lowest BCUT2D eigenvalue weighted by molar-refractivity contribution is -0.132. The van der Waals surface area contributed by atoms with E-state index >= 15 is 0 Å². The van der Waals surface area contributed by atoms with Gasteiger partial charge in [0, 0.05) is 11.3 Å². The first-order chi connectivity index (χ1) is 17.2. The molecule has 1 fully saturated rings. The number of aryl methyl sites for hydroxylation is 2. The van der Waals surface area contributed by atoms with Gasteiger partial charge in [0.15, 0.2) is 0 Å². The first-order valence-corrected chi connectivity index (χ1v) is 12.0. The number of anilines is 1. The molecule has 6 nitrogen and oxygen atoms in total. The quantitative estimate of drug-likeness (QED) is 0.253. The van der Waals surface area contributed by atoms with Gasteiger partial charge < -0.3 is 14.6 Å². The minimum absolute atomic E-state index is 0.0525. The van der Waals surface area contributed by atoms with Gasteiger partial charge in [0.05, 0.1) is 25.3 Å². The molecule has 3 aromatic carbocycles. The Kier molecular flexibility index (Phi) is 7.15. The molecule has 0 aromatic heterocycles. The summed E-state index contributed by atoms with van der Waals surface area (Å²) in [6.07, 6.45) is 0. The molecule has 4 rings (SSSR count). The Morgan fingerprint density at radius 3 is 2.33 bits per heavy atom. The van der Waals surface area contributed by atoms with Gasteiger partial charge >= 0.3 is 0 Å². The summed E-state index contributed by atoms with van der Waals surface area (Å²) >= 11 is 0. The molecule has 6 heteroatoms. The molecule has 36 heavy (non-hydrogen) atoms. The summed E-state index contributed by atoms with van der Waals surface area (Å²) in [4.78, 5) is 28.1. The van der Waals surface area contributed by atoms with Crippen molar-refractivity contribution in [2.24, 2.45) is 5.92 Å². The maximum atomic E-state index is 13.4. The number of aliphatic hydroxyl groups is 1. The molecule has 186 valence electrons. The molecule has 3 aromatic rings. The Morgan fingerprint density at radius 1 is 1.00 bits per heavy atom. The minimum atomic E-state index is -0.782. The fraction of sp³-hybridized carbons (Fsp3) is 0.267. The number of nitrogens with zero attached hydrogens (tertiary/aromatic N) is 1. The third kappa shape index (κ3) is 4.85. The number of carbonyl (C=O) groups is 2. The number of carbonyl (C=O) groups excluding carboxylic acids is 2. The zero-order valence-electron chi connectivity index (χ0n) is 21.2. The highest BCUT2D eigenvalue weighted by molar-refractivity contribution is 6.51. The maximum absolute atomic E-state index is 13.4. The molecule has 0 saturated carbocycles. The maximum Gasteiger partial charge on any atom is 0.300 e. The number of aliphatic hydroxyl groups excluding tert-OH is 1. The third-order valence-electron chi connectivity index (χ3n) is 6.17. The van der Waals surface area contributed by atoms with E-state index in [0.29, 0.717) is 35.3 Å².